The lowest BCUT2D eigenvalue weighted by Gasteiger charge is -2.27. The van der Waals surface area contributed by atoms with Gasteiger partial charge in [0.15, 0.2) is 0 Å². The molecule has 1 aromatic carbocycles. The number of thiazole rings is 1. The van der Waals surface area contributed by atoms with Gasteiger partial charge in [-0.3, -0.25) is 4.90 Å². The predicted molar refractivity (Wildman–Crippen MR) is 81.3 cm³/mol. The highest BCUT2D eigenvalue weighted by molar-refractivity contribution is 7.18. The molecule has 1 saturated carbocycles. The fraction of sp³-hybridized carbons (Fsp3) is 0.533. The SMILES string of the molecule is NCCN(Cc1nc2ccccc2s1)C1CCCC1. The van der Waals surface area contributed by atoms with Crippen LogP contribution in [0.5, 0.6) is 0 Å². The lowest BCUT2D eigenvalue weighted by Crippen LogP contribution is -2.36. The Morgan fingerprint density at radius 1 is 1.26 bits per heavy atom. The third-order valence-corrected chi connectivity index (χ3v) is 4.96. The van der Waals surface area contributed by atoms with Gasteiger partial charge in [-0.25, -0.2) is 4.98 Å². The minimum Gasteiger partial charge on any atom is -0.329 e. The first kappa shape index (κ1) is 13.0. The van der Waals surface area contributed by atoms with Crippen molar-refractivity contribution in [2.24, 2.45) is 5.73 Å². The Morgan fingerprint density at radius 3 is 2.79 bits per heavy atom. The Balaban J connectivity index is 1.76. The minimum absolute atomic E-state index is 0.718. The molecule has 3 nitrogen and oxygen atoms in total. The van der Waals surface area contributed by atoms with E-state index < -0.39 is 0 Å². The molecule has 0 radical (unpaired) electrons. The summed E-state index contributed by atoms with van der Waals surface area (Å²) in [5.41, 5.74) is 6.89. The summed E-state index contributed by atoms with van der Waals surface area (Å²) in [6.45, 7) is 2.68. The van der Waals surface area contributed by atoms with Gasteiger partial charge in [-0.15, -0.1) is 11.3 Å². The summed E-state index contributed by atoms with van der Waals surface area (Å²) in [6.07, 6.45) is 5.38. The van der Waals surface area contributed by atoms with Crippen LogP contribution in [0.3, 0.4) is 0 Å². The molecule has 19 heavy (non-hydrogen) atoms. The van der Waals surface area contributed by atoms with Gasteiger partial charge in [-0.1, -0.05) is 25.0 Å². The van der Waals surface area contributed by atoms with Crippen LogP contribution in [0.1, 0.15) is 30.7 Å². The van der Waals surface area contributed by atoms with Crippen LogP contribution in [0.25, 0.3) is 10.2 Å². The molecule has 1 fully saturated rings. The number of hydrogen-bond donors (Lipinski definition) is 1. The number of nitrogens with two attached hydrogens (primary N) is 1. The maximum absolute atomic E-state index is 5.77. The third kappa shape index (κ3) is 2.96. The van der Waals surface area contributed by atoms with E-state index in [9.17, 15) is 0 Å². The van der Waals surface area contributed by atoms with Gasteiger partial charge < -0.3 is 5.73 Å². The molecule has 0 atom stereocenters. The molecule has 0 bridgehead atoms. The lowest BCUT2D eigenvalue weighted by molar-refractivity contribution is 0.195. The molecule has 0 unspecified atom stereocenters. The van der Waals surface area contributed by atoms with Crippen LogP contribution >= 0.6 is 11.3 Å². The largest absolute Gasteiger partial charge is 0.329 e. The van der Waals surface area contributed by atoms with E-state index >= 15 is 0 Å². The van der Waals surface area contributed by atoms with Crippen molar-refractivity contribution < 1.29 is 0 Å². The highest BCUT2D eigenvalue weighted by Gasteiger charge is 2.22. The van der Waals surface area contributed by atoms with E-state index in [1.54, 1.807) is 0 Å². The number of hydrogen-bond acceptors (Lipinski definition) is 4. The van der Waals surface area contributed by atoms with Gasteiger partial charge in [-0.2, -0.15) is 0 Å². The van der Waals surface area contributed by atoms with E-state index in [2.05, 4.69) is 29.2 Å². The van der Waals surface area contributed by atoms with Crippen LogP contribution < -0.4 is 5.73 Å². The Morgan fingerprint density at radius 2 is 2.05 bits per heavy atom. The Bertz CT molecular complexity index is 498. The molecule has 0 amide bonds. The maximum Gasteiger partial charge on any atom is 0.108 e. The van der Waals surface area contributed by atoms with E-state index in [1.165, 1.54) is 35.4 Å². The zero-order valence-electron chi connectivity index (χ0n) is 11.2. The van der Waals surface area contributed by atoms with Crippen LogP contribution in [-0.2, 0) is 6.54 Å². The molecule has 2 aromatic rings. The number of aromatic nitrogens is 1. The molecule has 1 aromatic heterocycles. The van der Waals surface area contributed by atoms with Crippen molar-refractivity contribution >= 4 is 21.6 Å². The highest BCUT2D eigenvalue weighted by Crippen LogP contribution is 2.27. The maximum atomic E-state index is 5.77. The second kappa shape index (κ2) is 5.99. The molecule has 1 heterocycles. The van der Waals surface area contributed by atoms with E-state index in [1.807, 2.05) is 11.3 Å². The van der Waals surface area contributed by atoms with Gasteiger partial charge in [-0.05, 0) is 25.0 Å². The molecule has 102 valence electrons. The zero-order chi connectivity index (χ0) is 13.1. The summed E-state index contributed by atoms with van der Waals surface area (Å²) in [4.78, 5) is 7.27. The highest BCUT2D eigenvalue weighted by atomic mass is 32.1. The van der Waals surface area contributed by atoms with E-state index in [0.717, 1.165) is 31.2 Å². The average molecular weight is 275 g/mol. The second-order valence-corrected chi connectivity index (χ2v) is 6.39. The van der Waals surface area contributed by atoms with Crippen molar-refractivity contribution in [1.82, 2.24) is 9.88 Å². The van der Waals surface area contributed by atoms with Gasteiger partial charge >= 0.3 is 0 Å². The summed E-state index contributed by atoms with van der Waals surface area (Å²) in [5, 5.41) is 1.22. The quantitative estimate of drug-likeness (QED) is 0.912. The normalized spacial score (nSPS) is 16.7. The fourth-order valence-corrected chi connectivity index (χ4v) is 3.98. The van der Waals surface area contributed by atoms with Crippen molar-refractivity contribution in [1.29, 1.82) is 0 Å². The lowest BCUT2D eigenvalue weighted by atomic mass is 10.2. The number of fused-ring (bicyclic) bond motifs is 1. The smallest absolute Gasteiger partial charge is 0.108 e. The Hall–Kier alpha value is -0.970. The summed E-state index contributed by atoms with van der Waals surface area (Å²) in [7, 11) is 0. The minimum atomic E-state index is 0.718. The average Bonchev–Trinajstić information content (AvgIpc) is 3.07. The predicted octanol–water partition coefficient (Wildman–Crippen LogP) is 3.00. The number of para-hydroxylation sites is 1. The first-order valence-electron chi connectivity index (χ1n) is 7.15. The summed E-state index contributed by atoms with van der Waals surface area (Å²) < 4.78 is 1.29. The van der Waals surface area contributed by atoms with Gasteiger partial charge in [0.25, 0.3) is 0 Å². The Kier molecular flexibility index (Phi) is 4.11. The standard InChI is InChI=1S/C15H21N3S/c16-9-10-18(12-5-1-2-6-12)11-15-17-13-7-3-4-8-14(13)19-15/h3-4,7-8,12H,1-2,5-6,9-11,16H2. The molecule has 0 spiro atoms. The van der Waals surface area contributed by atoms with E-state index in [0.29, 0.717) is 0 Å². The summed E-state index contributed by atoms with van der Waals surface area (Å²) in [5.74, 6) is 0. The second-order valence-electron chi connectivity index (χ2n) is 5.27. The zero-order valence-corrected chi connectivity index (χ0v) is 12.0. The number of nitrogens with zero attached hydrogens (tertiary/aromatic N) is 2. The molecule has 1 aliphatic rings. The van der Waals surface area contributed by atoms with E-state index in [4.69, 9.17) is 10.7 Å². The van der Waals surface area contributed by atoms with Crippen LogP contribution in [0.15, 0.2) is 24.3 Å². The summed E-state index contributed by atoms with van der Waals surface area (Å²) in [6, 6.07) is 9.10. The van der Waals surface area contributed by atoms with Gasteiger partial charge in [0, 0.05) is 19.1 Å². The molecule has 2 N–H and O–H groups in total. The monoisotopic (exact) mass is 275 g/mol. The fourth-order valence-electron chi connectivity index (χ4n) is 2.99. The van der Waals surface area contributed by atoms with Gasteiger partial charge in [0.2, 0.25) is 0 Å². The van der Waals surface area contributed by atoms with Crippen molar-refractivity contribution in [3.8, 4) is 0 Å². The van der Waals surface area contributed by atoms with Crippen molar-refractivity contribution in [3.63, 3.8) is 0 Å². The molecule has 4 heteroatoms. The number of benzene rings is 1. The topological polar surface area (TPSA) is 42.1 Å². The number of rotatable bonds is 5. The molecule has 0 aliphatic heterocycles. The van der Waals surface area contributed by atoms with Crippen LogP contribution in [0.4, 0.5) is 0 Å². The van der Waals surface area contributed by atoms with Crippen LogP contribution in [0, 0.1) is 0 Å². The molecule has 0 saturated heterocycles. The molecule has 1 aliphatic carbocycles. The van der Waals surface area contributed by atoms with Gasteiger partial charge in [0.1, 0.15) is 5.01 Å². The van der Waals surface area contributed by atoms with Crippen molar-refractivity contribution in [2.75, 3.05) is 13.1 Å². The first-order chi connectivity index (χ1) is 9.36. The summed E-state index contributed by atoms with van der Waals surface area (Å²) >= 11 is 1.82. The van der Waals surface area contributed by atoms with Crippen LogP contribution in [0.2, 0.25) is 0 Å². The Labute approximate surface area is 118 Å². The van der Waals surface area contributed by atoms with Crippen LogP contribution in [-0.4, -0.2) is 29.0 Å². The molecular weight excluding hydrogens is 254 g/mol. The third-order valence-electron chi connectivity index (χ3n) is 3.93. The molecular formula is C15H21N3S. The first-order valence-corrected chi connectivity index (χ1v) is 7.97. The van der Waals surface area contributed by atoms with Crippen molar-refractivity contribution in [2.45, 2.75) is 38.3 Å². The molecule has 3 rings (SSSR count). The van der Waals surface area contributed by atoms with Crippen molar-refractivity contribution in [3.05, 3.63) is 29.3 Å². The van der Waals surface area contributed by atoms with E-state index in [-0.39, 0.29) is 0 Å². The van der Waals surface area contributed by atoms with Gasteiger partial charge in [0.05, 0.1) is 16.8 Å².